The average molecular weight is 305 g/mol. The third-order valence-corrected chi connectivity index (χ3v) is 3.83. The minimum Gasteiger partial charge on any atom is -0.467 e. The number of ether oxygens (including phenoxy) is 2. The Labute approximate surface area is 131 Å². The summed E-state index contributed by atoms with van der Waals surface area (Å²) >= 11 is 0. The predicted octanol–water partition coefficient (Wildman–Crippen LogP) is 1.85. The Kier molecular flexibility index (Phi) is 6.40. The van der Waals surface area contributed by atoms with Crippen LogP contribution in [0.15, 0.2) is 30.3 Å². The van der Waals surface area contributed by atoms with Gasteiger partial charge in [-0.05, 0) is 37.7 Å². The monoisotopic (exact) mass is 305 g/mol. The van der Waals surface area contributed by atoms with Crippen molar-refractivity contribution in [1.82, 2.24) is 5.32 Å². The number of hydrogen-bond donors (Lipinski definition) is 1. The van der Waals surface area contributed by atoms with Gasteiger partial charge in [0.2, 0.25) is 5.91 Å². The number of methoxy groups -OCH3 is 1. The molecule has 1 N–H and O–H groups in total. The first-order chi connectivity index (χ1) is 10.7. The van der Waals surface area contributed by atoms with Gasteiger partial charge in [-0.1, -0.05) is 30.3 Å². The SMILES string of the molecule is COC(=O)[C@H](CCCc1ccccc1)NC(=O)[C@@H]1CCCO1. The molecule has 1 amide bonds. The van der Waals surface area contributed by atoms with Gasteiger partial charge in [-0.3, -0.25) is 4.79 Å². The zero-order valence-corrected chi connectivity index (χ0v) is 12.9. The molecular weight excluding hydrogens is 282 g/mol. The normalized spacial score (nSPS) is 18.7. The van der Waals surface area contributed by atoms with Crippen molar-refractivity contribution < 1.29 is 19.1 Å². The van der Waals surface area contributed by atoms with Crippen molar-refractivity contribution in [3.8, 4) is 0 Å². The second-order valence-electron chi connectivity index (χ2n) is 5.46. The molecule has 2 rings (SSSR count). The van der Waals surface area contributed by atoms with E-state index in [1.807, 2.05) is 18.2 Å². The number of hydrogen-bond acceptors (Lipinski definition) is 4. The summed E-state index contributed by atoms with van der Waals surface area (Å²) < 4.78 is 10.1. The zero-order chi connectivity index (χ0) is 15.8. The van der Waals surface area contributed by atoms with Gasteiger partial charge in [-0.15, -0.1) is 0 Å². The van der Waals surface area contributed by atoms with Gasteiger partial charge in [-0.2, -0.15) is 0 Å². The van der Waals surface area contributed by atoms with Crippen LogP contribution in [0.25, 0.3) is 0 Å². The Morgan fingerprint density at radius 2 is 2.14 bits per heavy atom. The molecule has 0 radical (unpaired) electrons. The molecule has 0 unspecified atom stereocenters. The third-order valence-electron chi connectivity index (χ3n) is 3.83. The van der Waals surface area contributed by atoms with Crippen molar-refractivity contribution in [2.24, 2.45) is 0 Å². The van der Waals surface area contributed by atoms with E-state index in [1.165, 1.54) is 12.7 Å². The van der Waals surface area contributed by atoms with Crippen molar-refractivity contribution >= 4 is 11.9 Å². The van der Waals surface area contributed by atoms with Crippen LogP contribution in [0.4, 0.5) is 0 Å². The van der Waals surface area contributed by atoms with E-state index < -0.39 is 18.1 Å². The number of rotatable bonds is 7. The van der Waals surface area contributed by atoms with Crippen LogP contribution in [-0.2, 0) is 25.5 Å². The Bertz CT molecular complexity index is 483. The van der Waals surface area contributed by atoms with Crippen molar-refractivity contribution in [3.63, 3.8) is 0 Å². The molecule has 1 fully saturated rings. The Morgan fingerprint density at radius 3 is 2.77 bits per heavy atom. The lowest BCUT2D eigenvalue weighted by atomic mass is 10.0. The van der Waals surface area contributed by atoms with Crippen LogP contribution in [0.1, 0.15) is 31.2 Å². The van der Waals surface area contributed by atoms with Crippen molar-refractivity contribution in [1.29, 1.82) is 0 Å². The standard InChI is InChI=1S/C17H23NO4/c1-21-17(20)14(18-16(19)15-11-6-12-22-15)10-5-9-13-7-3-2-4-8-13/h2-4,7-8,14-15H,5-6,9-12H2,1H3,(H,18,19)/t14-,15-/m0/s1. The van der Waals surface area contributed by atoms with Gasteiger partial charge in [-0.25, -0.2) is 4.79 Å². The third kappa shape index (κ3) is 4.84. The van der Waals surface area contributed by atoms with Crippen LogP contribution in [0, 0.1) is 0 Å². The summed E-state index contributed by atoms with van der Waals surface area (Å²) in [6.45, 7) is 0.606. The molecule has 1 aliphatic heterocycles. The van der Waals surface area contributed by atoms with E-state index in [-0.39, 0.29) is 5.91 Å². The minimum absolute atomic E-state index is 0.215. The molecule has 2 atom stereocenters. The van der Waals surface area contributed by atoms with Gasteiger partial charge in [0.15, 0.2) is 0 Å². The fourth-order valence-corrected chi connectivity index (χ4v) is 2.60. The molecule has 1 aromatic carbocycles. The Balaban J connectivity index is 1.83. The van der Waals surface area contributed by atoms with Gasteiger partial charge in [0.1, 0.15) is 12.1 Å². The lowest BCUT2D eigenvalue weighted by Gasteiger charge is -2.18. The fourth-order valence-electron chi connectivity index (χ4n) is 2.60. The molecule has 1 aliphatic rings. The maximum Gasteiger partial charge on any atom is 0.328 e. The minimum atomic E-state index is -0.606. The molecule has 0 aromatic heterocycles. The van der Waals surface area contributed by atoms with E-state index in [0.29, 0.717) is 19.4 Å². The van der Waals surface area contributed by atoms with E-state index in [2.05, 4.69) is 17.4 Å². The molecule has 0 aliphatic carbocycles. The molecule has 1 heterocycles. The molecule has 120 valence electrons. The fraction of sp³-hybridized carbons (Fsp3) is 0.529. The topological polar surface area (TPSA) is 64.6 Å². The van der Waals surface area contributed by atoms with E-state index >= 15 is 0 Å². The highest BCUT2D eigenvalue weighted by Crippen LogP contribution is 2.13. The molecule has 1 aromatic rings. The molecule has 0 spiro atoms. The number of esters is 1. The van der Waals surface area contributed by atoms with Crippen molar-refractivity contribution in [2.45, 2.75) is 44.2 Å². The molecular formula is C17H23NO4. The van der Waals surface area contributed by atoms with Crippen LogP contribution >= 0.6 is 0 Å². The van der Waals surface area contributed by atoms with Crippen molar-refractivity contribution in [3.05, 3.63) is 35.9 Å². The van der Waals surface area contributed by atoms with Gasteiger partial charge in [0, 0.05) is 6.61 Å². The second kappa shape index (κ2) is 8.54. The van der Waals surface area contributed by atoms with E-state index in [4.69, 9.17) is 9.47 Å². The molecule has 1 saturated heterocycles. The summed E-state index contributed by atoms with van der Waals surface area (Å²) in [6, 6.07) is 9.46. The quantitative estimate of drug-likeness (QED) is 0.781. The van der Waals surface area contributed by atoms with Crippen LogP contribution in [0.2, 0.25) is 0 Å². The van der Waals surface area contributed by atoms with Gasteiger partial charge < -0.3 is 14.8 Å². The Morgan fingerprint density at radius 1 is 1.36 bits per heavy atom. The highest BCUT2D eigenvalue weighted by Gasteiger charge is 2.28. The van der Waals surface area contributed by atoms with Gasteiger partial charge in [0.25, 0.3) is 0 Å². The zero-order valence-electron chi connectivity index (χ0n) is 12.9. The van der Waals surface area contributed by atoms with Crippen LogP contribution in [0.3, 0.4) is 0 Å². The summed E-state index contributed by atoms with van der Waals surface area (Å²) in [6.07, 6.45) is 3.39. The highest BCUT2D eigenvalue weighted by molar-refractivity contribution is 5.87. The maximum atomic E-state index is 12.1. The molecule has 5 heteroatoms. The van der Waals surface area contributed by atoms with Gasteiger partial charge in [0.05, 0.1) is 7.11 Å². The molecule has 5 nitrogen and oxygen atoms in total. The first-order valence-corrected chi connectivity index (χ1v) is 7.74. The number of aryl methyl sites for hydroxylation is 1. The average Bonchev–Trinajstić information content (AvgIpc) is 3.08. The Hall–Kier alpha value is -1.88. The largest absolute Gasteiger partial charge is 0.467 e. The summed E-state index contributed by atoms with van der Waals surface area (Å²) in [5.74, 6) is -0.619. The van der Waals surface area contributed by atoms with Crippen molar-refractivity contribution in [2.75, 3.05) is 13.7 Å². The van der Waals surface area contributed by atoms with Gasteiger partial charge >= 0.3 is 5.97 Å². The summed E-state index contributed by atoms with van der Waals surface area (Å²) in [5.41, 5.74) is 1.22. The van der Waals surface area contributed by atoms with E-state index in [1.54, 1.807) is 0 Å². The number of carbonyl (C=O) groups is 2. The highest BCUT2D eigenvalue weighted by atomic mass is 16.5. The van der Waals surface area contributed by atoms with E-state index in [0.717, 1.165) is 19.3 Å². The first-order valence-electron chi connectivity index (χ1n) is 7.74. The number of nitrogens with one attached hydrogen (secondary N) is 1. The van der Waals surface area contributed by atoms with Crippen LogP contribution in [0.5, 0.6) is 0 Å². The van der Waals surface area contributed by atoms with E-state index in [9.17, 15) is 9.59 Å². The molecule has 0 bridgehead atoms. The molecule has 0 saturated carbocycles. The number of amides is 1. The van der Waals surface area contributed by atoms with Crippen LogP contribution < -0.4 is 5.32 Å². The smallest absolute Gasteiger partial charge is 0.328 e. The number of carbonyl (C=O) groups excluding carboxylic acids is 2. The predicted molar refractivity (Wildman–Crippen MR) is 82.3 cm³/mol. The van der Waals surface area contributed by atoms with Crippen LogP contribution in [-0.4, -0.2) is 37.7 Å². The number of benzene rings is 1. The molecule has 22 heavy (non-hydrogen) atoms. The summed E-state index contributed by atoms with van der Waals surface area (Å²) in [5, 5.41) is 2.76. The maximum absolute atomic E-state index is 12.1. The second-order valence-corrected chi connectivity index (χ2v) is 5.46. The first kappa shape index (κ1) is 16.5. The lowest BCUT2D eigenvalue weighted by molar-refractivity contribution is -0.146. The summed E-state index contributed by atoms with van der Waals surface area (Å²) in [7, 11) is 1.34. The summed E-state index contributed by atoms with van der Waals surface area (Å²) in [4.78, 5) is 23.9. The lowest BCUT2D eigenvalue weighted by Crippen LogP contribution is -2.45.